The Hall–Kier alpha value is -0.610. The van der Waals surface area contributed by atoms with Crippen molar-refractivity contribution in [2.75, 3.05) is 39.3 Å². The SMILES string of the molecule is CC(C)(C)C1CCN(C(=O)C2CCN(C3CN(C(C)(C)C)C3)CC2)CC1. The molecule has 150 valence electrons. The van der Waals surface area contributed by atoms with Crippen molar-refractivity contribution in [1.29, 1.82) is 0 Å². The lowest BCUT2D eigenvalue weighted by Crippen LogP contribution is -2.65. The lowest BCUT2D eigenvalue weighted by Gasteiger charge is -2.52. The number of carbonyl (C=O) groups excluding carboxylic acids is 1. The predicted molar refractivity (Wildman–Crippen MR) is 108 cm³/mol. The first-order valence-electron chi connectivity index (χ1n) is 10.8. The number of hydrogen-bond acceptors (Lipinski definition) is 3. The molecule has 0 N–H and O–H groups in total. The molecule has 0 aromatic rings. The van der Waals surface area contributed by atoms with Crippen molar-refractivity contribution in [3.05, 3.63) is 0 Å². The molecule has 26 heavy (non-hydrogen) atoms. The number of rotatable bonds is 2. The summed E-state index contributed by atoms with van der Waals surface area (Å²) in [6.45, 7) is 20.5. The lowest BCUT2D eigenvalue weighted by molar-refractivity contribution is -0.139. The van der Waals surface area contributed by atoms with E-state index in [4.69, 9.17) is 0 Å². The van der Waals surface area contributed by atoms with Gasteiger partial charge in [0.25, 0.3) is 0 Å². The van der Waals surface area contributed by atoms with Crippen molar-refractivity contribution < 1.29 is 4.79 Å². The molecule has 3 aliphatic heterocycles. The maximum Gasteiger partial charge on any atom is 0.225 e. The van der Waals surface area contributed by atoms with E-state index in [1.165, 1.54) is 25.9 Å². The molecular formula is C22H41N3O. The van der Waals surface area contributed by atoms with Crippen molar-refractivity contribution in [3.63, 3.8) is 0 Å². The van der Waals surface area contributed by atoms with Gasteiger partial charge in [-0.2, -0.15) is 0 Å². The summed E-state index contributed by atoms with van der Waals surface area (Å²) >= 11 is 0. The van der Waals surface area contributed by atoms with E-state index >= 15 is 0 Å². The minimum Gasteiger partial charge on any atom is -0.342 e. The van der Waals surface area contributed by atoms with Gasteiger partial charge in [-0.3, -0.25) is 14.6 Å². The highest BCUT2D eigenvalue weighted by Gasteiger charge is 2.40. The highest BCUT2D eigenvalue weighted by Crippen LogP contribution is 2.35. The van der Waals surface area contributed by atoms with Crippen LogP contribution in [-0.4, -0.2) is 71.5 Å². The molecule has 0 bridgehead atoms. The summed E-state index contributed by atoms with van der Waals surface area (Å²) < 4.78 is 0. The molecule has 0 radical (unpaired) electrons. The minimum absolute atomic E-state index is 0.274. The van der Waals surface area contributed by atoms with E-state index in [0.29, 0.717) is 22.9 Å². The van der Waals surface area contributed by atoms with Crippen molar-refractivity contribution in [1.82, 2.24) is 14.7 Å². The van der Waals surface area contributed by atoms with Crippen LogP contribution in [0.4, 0.5) is 0 Å². The van der Waals surface area contributed by atoms with Gasteiger partial charge in [0, 0.05) is 43.7 Å². The van der Waals surface area contributed by atoms with Crippen molar-refractivity contribution >= 4 is 5.91 Å². The number of carbonyl (C=O) groups is 1. The van der Waals surface area contributed by atoms with E-state index in [1.54, 1.807) is 0 Å². The maximum atomic E-state index is 13.0. The minimum atomic E-state index is 0.274. The Bertz CT molecular complexity index is 482. The van der Waals surface area contributed by atoms with Gasteiger partial charge in [0.05, 0.1) is 0 Å². The monoisotopic (exact) mass is 363 g/mol. The Balaban J connectivity index is 1.41. The largest absolute Gasteiger partial charge is 0.342 e. The molecule has 3 aliphatic rings. The number of nitrogens with zero attached hydrogens (tertiary/aromatic N) is 3. The summed E-state index contributed by atoms with van der Waals surface area (Å²) in [5, 5.41) is 0. The third kappa shape index (κ3) is 4.44. The second kappa shape index (κ2) is 7.43. The van der Waals surface area contributed by atoms with Gasteiger partial charge in [-0.05, 0) is 70.9 Å². The first-order chi connectivity index (χ1) is 12.1. The Morgan fingerprint density at radius 2 is 1.35 bits per heavy atom. The molecule has 0 unspecified atom stereocenters. The van der Waals surface area contributed by atoms with Crippen molar-refractivity contribution in [2.24, 2.45) is 17.3 Å². The van der Waals surface area contributed by atoms with Crippen LogP contribution in [0.15, 0.2) is 0 Å². The number of likely N-dealkylation sites (tertiary alicyclic amines) is 3. The molecule has 3 saturated heterocycles. The van der Waals surface area contributed by atoms with Crippen LogP contribution in [0, 0.1) is 17.3 Å². The highest BCUT2D eigenvalue weighted by molar-refractivity contribution is 5.79. The molecule has 3 rings (SSSR count). The zero-order valence-electron chi connectivity index (χ0n) is 18.1. The third-order valence-electron chi connectivity index (χ3n) is 7.24. The topological polar surface area (TPSA) is 26.8 Å². The van der Waals surface area contributed by atoms with Crippen LogP contribution >= 0.6 is 0 Å². The van der Waals surface area contributed by atoms with Crippen LogP contribution in [0.5, 0.6) is 0 Å². The highest BCUT2D eigenvalue weighted by atomic mass is 16.2. The van der Waals surface area contributed by atoms with Gasteiger partial charge in [0.15, 0.2) is 0 Å². The summed E-state index contributed by atoms with van der Waals surface area (Å²) in [4.78, 5) is 20.3. The molecule has 3 fully saturated rings. The second-order valence-electron chi connectivity index (χ2n) is 11.0. The van der Waals surface area contributed by atoms with Crippen LogP contribution < -0.4 is 0 Å². The fourth-order valence-electron chi connectivity index (χ4n) is 4.97. The molecule has 1 amide bonds. The first-order valence-corrected chi connectivity index (χ1v) is 10.8. The normalized spacial score (nSPS) is 26.2. The van der Waals surface area contributed by atoms with Crippen LogP contribution in [-0.2, 0) is 4.79 Å². The number of piperidine rings is 2. The second-order valence-corrected chi connectivity index (χ2v) is 11.0. The van der Waals surface area contributed by atoms with Gasteiger partial charge in [0.1, 0.15) is 0 Å². The molecule has 0 atom stereocenters. The van der Waals surface area contributed by atoms with E-state index in [9.17, 15) is 4.79 Å². The van der Waals surface area contributed by atoms with E-state index in [1.807, 2.05) is 0 Å². The van der Waals surface area contributed by atoms with Gasteiger partial charge in [0.2, 0.25) is 5.91 Å². The van der Waals surface area contributed by atoms with Crippen LogP contribution in [0.2, 0.25) is 0 Å². The molecule has 0 spiro atoms. The summed E-state index contributed by atoms with van der Waals surface area (Å²) in [5.74, 6) is 1.48. The van der Waals surface area contributed by atoms with Crippen LogP contribution in [0.3, 0.4) is 0 Å². The molecule has 0 aromatic carbocycles. The summed E-state index contributed by atoms with van der Waals surface area (Å²) in [7, 11) is 0. The summed E-state index contributed by atoms with van der Waals surface area (Å²) in [6, 6.07) is 0.716. The quantitative estimate of drug-likeness (QED) is 0.752. The molecule has 3 heterocycles. The number of amides is 1. The average molecular weight is 364 g/mol. The van der Waals surface area contributed by atoms with Gasteiger partial charge >= 0.3 is 0 Å². The Labute approximate surface area is 161 Å². The van der Waals surface area contributed by atoms with Crippen LogP contribution in [0.25, 0.3) is 0 Å². The molecule has 4 heteroatoms. The molecule has 0 aromatic heterocycles. The molecule has 0 saturated carbocycles. The standard InChI is InChI=1S/C22H41N3O/c1-21(2,3)18-9-13-24(14-10-18)20(26)17-7-11-23(12-8-17)19-15-25(16-19)22(4,5)6/h17-19H,7-16H2,1-6H3. The van der Waals surface area contributed by atoms with Crippen LogP contribution in [0.1, 0.15) is 67.2 Å². The van der Waals surface area contributed by atoms with E-state index in [0.717, 1.165) is 44.9 Å². The summed E-state index contributed by atoms with van der Waals surface area (Å²) in [6.07, 6.45) is 4.48. The smallest absolute Gasteiger partial charge is 0.225 e. The number of hydrogen-bond donors (Lipinski definition) is 0. The molecular weight excluding hydrogens is 322 g/mol. The Kier molecular flexibility index (Phi) is 5.75. The zero-order chi connectivity index (χ0) is 19.1. The fourth-order valence-corrected chi connectivity index (χ4v) is 4.97. The van der Waals surface area contributed by atoms with E-state index < -0.39 is 0 Å². The Morgan fingerprint density at radius 1 is 0.808 bits per heavy atom. The summed E-state index contributed by atoms with van der Waals surface area (Å²) in [5.41, 5.74) is 0.675. The molecule has 0 aliphatic carbocycles. The Morgan fingerprint density at radius 3 is 1.81 bits per heavy atom. The van der Waals surface area contributed by atoms with Gasteiger partial charge in [-0.15, -0.1) is 0 Å². The third-order valence-corrected chi connectivity index (χ3v) is 7.24. The lowest BCUT2D eigenvalue weighted by atomic mass is 9.75. The zero-order valence-corrected chi connectivity index (χ0v) is 18.1. The van der Waals surface area contributed by atoms with E-state index in [2.05, 4.69) is 56.2 Å². The van der Waals surface area contributed by atoms with Crippen molar-refractivity contribution in [2.45, 2.75) is 78.8 Å². The van der Waals surface area contributed by atoms with Gasteiger partial charge in [-0.1, -0.05) is 20.8 Å². The van der Waals surface area contributed by atoms with Gasteiger partial charge in [-0.25, -0.2) is 0 Å². The first kappa shape index (κ1) is 20.1. The predicted octanol–water partition coefficient (Wildman–Crippen LogP) is 3.47. The molecule has 4 nitrogen and oxygen atoms in total. The van der Waals surface area contributed by atoms with E-state index in [-0.39, 0.29) is 5.92 Å². The fraction of sp³-hybridized carbons (Fsp3) is 0.955. The maximum absolute atomic E-state index is 13.0. The van der Waals surface area contributed by atoms with Gasteiger partial charge < -0.3 is 4.90 Å². The van der Waals surface area contributed by atoms with Crippen molar-refractivity contribution in [3.8, 4) is 0 Å². The average Bonchev–Trinajstić information content (AvgIpc) is 2.51.